The van der Waals surface area contributed by atoms with Gasteiger partial charge in [0.05, 0.1) is 6.04 Å². The van der Waals surface area contributed by atoms with Gasteiger partial charge < -0.3 is 4.90 Å². The predicted octanol–water partition coefficient (Wildman–Crippen LogP) is 1.74. The zero-order chi connectivity index (χ0) is 12.8. The zero-order valence-corrected chi connectivity index (χ0v) is 11.6. The highest BCUT2D eigenvalue weighted by Gasteiger charge is 2.26. The Kier molecular flexibility index (Phi) is 5.08. The van der Waals surface area contributed by atoms with Crippen LogP contribution in [0.1, 0.15) is 12.5 Å². The molecule has 1 N–H and O–H groups in total. The van der Waals surface area contributed by atoms with Crippen molar-refractivity contribution >= 4 is 17.7 Å². The molecule has 1 aliphatic heterocycles. The molecule has 0 bridgehead atoms. The van der Waals surface area contributed by atoms with Gasteiger partial charge in [-0.25, -0.2) is 0 Å². The normalized spacial score (nSPS) is 18.8. The number of thioether (sulfide) groups is 1. The average Bonchev–Trinajstić information content (AvgIpc) is 2.94. The molecule has 3 nitrogen and oxygen atoms in total. The monoisotopic (exact) mass is 264 g/mol. The summed E-state index contributed by atoms with van der Waals surface area (Å²) in [6.45, 7) is 3.64. The molecule has 0 aromatic heterocycles. The highest BCUT2D eigenvalue weighted by Crippen LogP contribution is 2.12. The third kappa shape index (κ3) is 3.50. The van der Waals surface area contributed by atoms with Crippen molar-refractivity contribution in [1.29, 1.82) is 0 Å². The largest absolute Gasteiger partial charge is 0.341 e. The van der Waals surface area contributed by atoms with Crippen LogP contribution in [0.5, 0.6) is 0 Å². The molecule has 0 saturated carbocycles. The van der Waals surface area contributed by atoms with Gasteiger partial charge in [0.15, 0.2) is 0 Å². The molecule has 1 fully saturated rings. The Labute approximate surface area is 113 Å². The molecule has 1 aromatic carbocycles. The summed E-state index contributed by atoms with van der Waals surface area (Å²) >= 11 is 1.79. The number of carbonyl (C=O) groups is 1. The third-order valence-electron chi connectivity index (χ3n) is 3.22. The number of carbonyl (C=O) groups excluding carboxylic acids is 1. The number of rotatable bonds is 5. The van der Waals surface area contributed by atoms with Gasteiger partial charge >= 0.3 is 0 Å². The molecule has 1 amide bonds. The van der Waals surface area contributed by atoms with E-state index in [0.29, 0.717) is 0 Å². The highest BCUT2D eigenvalue weighted by molar-refractivity contribution is 7.99. The minimum atomic E-state index is 0.0192. The Hall–Kier alpha value is -1.00. The molecule has 1 aliphatic rings. The lowest BCUT2D eigenvalue weighted by molar-refractivity contribution is -0.132. The topological polar surface area (TPSA) is 32.3 Å². The lowest BCUT2D eigenvalue weighted by Gasteiger charge is -2.24. The maximum Gasteiger partial charge on any atom is 0.240 e. The first-order chi connectivity index (χ1) is 8.81. The molecule has 18 heavy (non-hydrogen) atoms. The van der Waals surface area contributed by atoms with E-state index in [1.54, 1.807) is 11.8 Å². The molecular weight excluding hydrogens is 244 g/mol. The summed E-state index contributed by atoms with van der Waals surface area (Å²) in [5.74, 6) is 2.05. The Morgan fingerprint density at radius 3 is 2.83 bits per heavy atom. The SMILES string of the molecule is CCN(CCc1ccccc1)C(=O)C1CSCN1. The molecule has 1 unspecified atom stereocenters. The van der Waals surface area contributed by atoms with E-state index in [-0.39, 0.29) is 11.9 Å². The molecule has 0 radical (unpaired) electrons. The van der Waals surface area contributed by atoms with Gasteiger partial charge in [-0.3, -0.25) is 10.1 Å². The van der Waals surface area contributed by atoms with Crippen LogP contribution in [-0.4, -0.2) is 41.6 Å². The van der Waals surface area contributed by atoms with E-state index >= 15 is 0 Å². The maximum atomic E-state index is 12.2. The van der Waals surface area contributed by atoms with Crippen molar-refractivity contribution in [3.63, 3.8) is 0 Å². The van der Waals surface area contributed by atoms with Crippen molar-refractivity contribution < 1.29 is 4.79 Å². The molecule has 1 saturated heterocycles. The number of benzene rings is 1. The number of nitrogens with one attached hydrogen (secondary N) is 1. The van der Waals surface area contributed by atoms with Crippen LogP contribution in [0.2, 0.25) is 0 Å². The summed E-state index contributed by atoms with van der Waals surface area (Å²) in [5, 5.41) is 3.24. The molecule has 1 aromatic rings. The molecule has 98 valence electrons. The van der Waals surface area contributed by atoms with E-state index in [4.69, 9.17) is 0 Å². The van der Waals surface area contributed by atoms with Crippen molar-refractivity contribution in [1.82, 2.24) is 10.2 Å². The molecule has 4 heteroatoms. The summed E-state index contributed by atoms with van der Waals surface area (Å²) in [5.41, 5.74) is 1.29. The van der Waals surface area contributed by atoms with Gasteiger partial charge in [0.25, 0.3) is 0 Å². The van der Waals surface area contributed by atoms with E-state index in [0.717, 1.165) is 31.1 Å². The highest BCUT2D eigenvalue weighted by atomic mass is 32.2. The summed E-state index contributed by atoms with van der Waals surface area (Å²) in [6, 6.07) is 10.4. The number of hydrogen-bond acceptors (Lipinski definition) is 3. The van der Waals surface area contributed by atoms with E-state index in [1.807, 2.05) is 30.0 Å². The van der Waals surface area contributed by atoms with Crippen molar-refractivity contribution in [3.8, 4) is 0 Å². The van der Waals surface area contributed by atoms with Crippen LogP contribution in [-0.2, 0) is 11.2 Å². The average molecular weight is 264 g/mol. The summed E-state index contributed by atoms with van der Waals surface area (Å²) in [7, 11) is 0. The van der Waals surface area contributed by atoms with Crippen LogP contribution in [0.25, 0.3) is 0 Å². The van der Waals surface area contributed by atoms with Crippen LogP contribution in [0.3, 0.4) is 0 Å². The van der Waals surface area contributed by atoms with Crippen LogP contribution < -0.4 is 5.32 Å². The van der Waals surface area contributed by atoms with Crippen molar-refractivity contribution in [2.24, 2.45) is 0 Å². The van der Waals surface area contributed by atoms with Crippen molar-refractivity contribution in [2.45, 2.75) is 19.4 Å². The number of nitrogens with zero attached hydrogens (tertiary/aromatic N) is 1. The zero-order valence-electron chi connectivity index (χ0n) is 10.8. The summed E-state index contributed by atoms with van der Waals surface area (Å²) < 4.78 is 0. The molecule has 0 aliphatic carbocycles. The molecular formula is C14H20N2OS. The summed E-state index contributed by atoms with van der Waals surface area (Å²) in [4.78, 5) is 14.2. The molecule has 0 spiro atoms. The van der Waals surface area contributed by atoms with Gasteiger partial charge in [0, 0.05) is 24.7 Å². The maximum absolute atomic E-state index is 12.2. The fraction of sp³-hybridized carbons (Fsp3) is 0.500. The number of likely N-dealkylation sites (N-methyl/N-ethyl adjacent to an activating group) is 1. The quantitative estimate of drug-likeness (QED) is 0.879. The standard InChI is InChI=1S/C14H20N2OS/c1-2-16(14(17)13-10-18-11-15-13)9-8-12-6-4-3-5-7-12/h3-7,13,15H,2,8-11H2,1H3. The minimum Gasteiger partial charge on any atom is -0.341 e. The van der Waals surface area contributed by atoms with Crippen LogP contribution in [0.15, 0.2) is 30.3 Å². The molecule has 1 atom stereocenters. The van der Waals surface area contributed by atoms with Crippen LogP contribution in [0.4, 0.5) is 0 Å². The Bertz CT molecular complexity index is 377. The van der Waals surface area contributed by atoms with E-state index in [2.05, 4.69) is 17.4 Å². The number of amides is 1. The molecule has 1 heterocycles. The minimum absolute atomic E-state index is 0.0192. The second kappa shape index (κ2) is 6.81. The fourth-order valence-corrected chi connectivity index (χ4v) is 3.04. The van der Waals surface area contributed by atoms with Crippen LogP contribution >= 0.6 is 11.8 Å². The smallest absolute Gasteiger partial charge is 0.240 e. The molecule has 2 rings (SSSR count). The lowest BCUT2D eigenvalue weighted by Crippen LogP contribution is -2.45. The second-order valence-corrected chi connectivity index (χ2v) is 5.46. The Balaban J connectivity index is 1.87. The summed E-state index contributed by atoms with van der Waals surface area (Å²) in [6.07, 6.45) is 0.931. The fourth-order valence-electron chi connectivity index (χ4n) is 2.11. The van der Waals surface area contributed by atoms with Gasteiger partial charge in [-0.1, -0.05) is 30.3 Å². The predicted molar refractivity (Wildman–Crippen MR) is 76.6 cm³/mol. The van der Waals surface area contributed by atoms with E-state index in [9.17, 15) is 4.79 Å². The van der Waals surface area contributed by atoms with Gasteiger partial charge in [-0.15, -0.1) is 11.8 Å². The number of hydrogen-bond donors (Lipinski definition) is 1. The second-order valence-electron chi connectivity index (χ2n) is 4.43. The van der Waals surface area contributed by atoms with Crippen LogP contribution in [0, 0.1) is 0 Å². The first-order valence-electron chi connectivity index (χ1n) is 6.45. The third-order valence-corrected chi connectivity index (χ3v) is 4.16. The van der Waals surface area contributed by atoms with Crippen molar-refractivity contribution in [3.05, 3.63) is 35.9 Å². The van der Waals surface area contributed by atoms with Gasteiger partial charge in [-0.2, -0.15) is 0 Å². The Morgan fingerprint density at radius 1 is 1.44 bits per heavy atom. The first kappa shape index (κ1) is 13.4. The van der Waals surface area contributed by atoms with E-state index < -0.39 is 0 Å². The van der Waals surface area contributed by atoms with Gasteiger partial charge in [0.2, 0.25) is 5.91 Å². The van der Waals surface area contributed by atoms with Gasteiger partial charge in [-0.05, 0) is 18.9 Å². The Morgan fingerprint density at radius 2 is 2.22 bits per heavy atom. The first-order valence-corrected chi connectivity index (χ1v) is 7.60. The van der Waals surface area contributed by atoms with Gasteiger partial charge in [0.1, 0.15) is 0 Å². The lowest BCUT2D eigenvalue weighted by atomic mass is 10.1. The van der Waals surface area contributed by atoms with E-state index in [1.165, 1.54) is 5.56 Å². The van der Waals surface area contributed by atoms with Crippen molar-refractivity contribution in [2.75, 3.05) is 24.7 Å².